The minimum atomic E-state index is -1.04. The zero-order chi connectivity index (χ0) is 8.55. The summed E-state index contributed by atoms with van der Waals surface area (Å²) in [6, 6.07) is 1.80. The van der Waals surface area contributed by atoms with Crippen molar-refractivity contribution in [1.29, 1.82) is 0 Å². The molecule has 1 N–H and O–H groups in total. The average Bonchev–Trinajstić information content (AvgIpc) is 2.49. The second-order valence-corrected chi connectivity index (χ2v) is 3.07. The van der Waals surface area contributed by atoms with E-state index in [4.69, 9.17) is 5.11 Å². The number of hydrogen-bond acceptors (Lipinski definition) is 4. The standard InChI is InChI=1S/C7H4N2O2S/c10-7(11)5-3-8-4-1-2-12-6(4)9-5/h1-3H,(H,10,11). The van der Waals surface area contributed by atoms with E-state index in [0.717, 1.165) is 5.52 Å². The first kappa shape index (κ1) is 7.17. The maximum Gasteiger partial charge on any atom is 0.356 e. The fourth-order valence-electron chi connectivity index (χ4n) is 0.848. The van der Waals surface area contributed by atoms with E-state index < -0.39 is 5.97 Å². The topological polar surface area (TPSA) is 63.1 Å². The van der Waals surface area contributed by atoms with Crippen LogP contribution in [0.2, 0.25) is 0 Å². The Hall–Kier alpha value is -1.49. The van der Waals surface area contributed by atoms with Crippen LogP contribution in [0.4, 0.5) is 0 Å². The quantitative estimate of drug-likeness (QED) is 0.720. The van der Waals surface area contributed by atoms with Gasteiger partial charge in [0, 0.05) is 0 Å². The van der Waals surface area contributed by atoms with Crippen molar-refractivity contribution in [3.8, 4) is 0 Å². The molecule has 2 aromatic heterocycles. The third kappa shape index (κ3) is 1.04. The summed E-state index contributed by atoms with van der Waals surface area (Å²) >= 11 is 1.38. The average molecular weight is 180 g/mol. The molecule has 0 unspecified atom stereocenters. The van der Waals surface area contributed by atoms with Crippen molar-refractivity contribution in [2.45, 2.75) is 0 Å². The van der Waals surface area contributed by atoms with Crippen LogP contribution in [0.5, 0.6) is 0 Å². The molecule has 0 saturated heterocycles. The lowest BCUT2D eigenvalue weighted by Gasteiger charge is -1.91. The van der Waals surface area contributed by atoms with Gasteiger partial charge in [0.25, 0.3) is 0 Å². The predicted molar refractivity (Wildman–Crippen MR) is 44.4 cm³/mol. The molecule has 0 fully saturated rings. The number of hydrogen-bond donors (Lipinski definition) is 1. The van der Waals surface area contributed by atoms with Crippen molar-refractivity contribution in [3.63, 3.8) is 0 Å². The molecule has 60 valence electrons. The van der Waals surface area contributed by atoms with Gasteiger partial charge in [0.1, 0.15) is 4.83 Å². The van der Waals surface area contributed by atoms with Crippen LogP contribution in [0, 0.1) is 0 Å². The van der Waals surface area contributed by atoms with Crippen molar-refractivity contribution in [2.75, 3.05) is 0 Å². The van der Waals surface area contributed by atoms with Crippen LogP contribution < -0.4 is 0 Å². The Labute approximate surface area is 71.5 Å². The van der Waals surface area contributed by atoms with Crippen LogP contribution in [-0.2, 0) is 0 Å². The number of carbonyl (C=O) groups is 1. The van der Waals surface area contributed by atoms with Crippen molar-refractivity contribution < 1.29 is 9.90 Å². The maximum absolute atomic E-state index is 10.5. The van der Waals surface area contributed by atoms with Crippen LogP contribution in [0.1, 0.15) is 10.5 Å². The van der Waals surface area contributed by atoms with E-state index >= 15 is 0 Å². The minimum absolute atomic E-state index is 0.00931. The van der Waals surface area contributed by atoms with E-state index in [2.05, 4.69) is 9.97 Å². The Morgan fingerprint density at radius 3 is 3.17 bits per heavy atom. The highest BCUT2D eigenvalue weighted by molar-refractivity contribution is 7.16. The van der Waals surface area contributed by atoms with Gasteiger partial charge in [-0.1, -0.05) is 0 Å². The van der Waals surface area contributed by atoms with Crippen molar-refractivity contribution in [3.05, 3.63) is 23.3 Å². The number of thiophene rings is 1. The van der Waals surface area contributed by atoms with Crippen LogP contribution in [-0.4, -0.2) is 21.0 Å². The number of aromatic nitrogens is 2. The number of fused-ring (bicyclic) bond motifs is 1. The molecule has 0 aliphatic heterocycles. The largest absolute Gasteiger partial charge is 0.476 e. The van der Waals surface area contributed by atoms with E-state index in [1.54, 1.807) is 6.07 Å². The summed E-state index contributed by atoms with van der Waals surface area (Å²) in [7, 11) is 0. The Morgan fingerprint density at radius 2 is 2.42 bits per heavy atom. The lowest BCUT2D eigenvalue weighted by molar-refractivity contribution is 0.0690. The molecule has 0 aliphatic rings. The van der Waals surface area contributed by atoms with Gasteiger partial charge in [-0.05, 0) is 11.4 Å². The molecule has 2 rings (SSSR count). The van der Waals surface area contributed by atoms with E-state index in [1.807, 2.05) is 5.38 Å². The molecule has 0 aliphatic carbocycles. The molecule has 5 heteroatoms. The van der Waals surface area contributed by atoms with E-state index in [9.17, 15) is 4.79 Å². The molecule has 0 bridgehead atoms. The molecule has 0 spiro atoms. The van der Waals surface area contributed by atoms with Gasteiger partial charge in [-0.15, -0.1) is 11.3 Å². The van der Waals surface area contributed by atoms with Crippen molar-refractivity contribution in [2.24, 2.45) is 0 Å². The number of carboxylic acid groups (broad SMARTS) is 1. The van der Waals surface area contributed by atoms with Crippen LogP contribution in [0.3, 0.4) is 0 Å². The Balaban J connectivity index is 2.68. The molecule has 0 amide bonds. The zero-order valence-corrected chi connectivity index (χ0v) is 6.71. The van der Waals surface area contributed by atoms with E-state index in [-0.39, 0.29) is 5.69 Å². The normalized spacial score (nSPS) is 10.3. The fraction of sp³-hybridized carbons (Fsp3) is 0. The van der Waals surface area contributed by atoms with Gasteiger partial charge < -0.3 is 5.11 Å². The Bertz CT molecular complexity index is 438. The van der Waals surface area contributed by atoms with E-state index in [0.29, 0.717) is 4.83 Å². The van der Waals surface area contributed by atoms with Gasteiger partial charge in [-0.3, -0.25) is 4.98 Å². The third-order valence-corrected chi connectivity index (χ3v) is 2.19. The molecular weight excluding hydrogens is 176 g/mol. The van der Waals surface area contributed by atoms with Gasteiger partial charge >= 0.3 is 5.97 Å². The predicted octanol–water partition coefficient (Wildman–Crippen LogP) is 1.39. The maximum atomic E-state index is 10.5. The summed E-state index contributed by atoms with van der Waals surface area (Å²) in [5.41, 5.74) is 0.731. The molecule has 0 aromatic carbocycles. The molecule has 0 radical (unpaired) electrons. The van der Waals surface area contributed by atoms with Crippen LogP contribution in [0.25, 0.3) is 10.3 Å². The molecule has 12 heavy (non-hydrogen) atoms. The molecule has 2 heterocycles. The lowest BCUT2D eigenvalue weighted by atomic mass is 10.4. The van der Waals surface area contributed by atoms with Crippen molar-refractivity contribution >= 4 is 27.7 Å². The summed E-state index contributed by atoms with van der Waals surface area (Å²) in [4.78, 5) is 19.0. The highest BCUT2D eigenvalue weighted by Gasteiger charge is 2.06. The molecule has 2 aromatic rings. The molecule has 0 atom stereocenters. The Morgan fingerprint density at radius 1 is 1.58 bits per heavy atom. The molecular formula is C7H4N2O2S. The highest BCUT2D eigenvalue weighted by Crippen LogP contribution is 2.15. The summed E-state index contributed by atoms with van der Waals surface area (Å²) in [6.45, 7) is 0. The summed E-state index contributed by atoms with van der Waals surface area (Å²) in [5.74, 6) is -1.04. The molecule has 0 saturated carbocycles. The highest BCUT2D eigenvalue weighted by atomic mass is 32.1. The smallest absolute Gasteiger partial charge is 0.356 e. The van der Waals surface area contributed by atoms with Gasteiger partial charge in [-0.2, -0.15) is 0 Å². The van der Waals surface area contributed by atoms with Gasteiger partial charge in [0.05, 0.1) is 11.7 Å². The number of nitrogens with zero attached hydrogens (tertiary/aromatic N) is 2. The zero-order valence-electron chi connectivity index (χ0n) is 5.89. The first-order chi connectivity index (χ1) is 5.77. The Kier molecular flexibility index (Phi) is 1.51. The first-order valence-electron chi connectivity index (χ1n) is 3.21. The van der Waals surface area contributed by atoms with Crippen LogP contribution >= 0.6 is 11.3 Å². The third-order valence-electron chi connectivity index (χ3n) is 1.39. The van der Waals surface area contributed by atoms with E-state index in [1.165, 1.54) is 17.5 Å². The first-order valence-corrected chi connectivity index (χ1v) is 4.09. The molecule has 4 nitrogen and oxygen atoms in total. The second-order valence-electron chi connectivity index (χ2n) is 2.17. The SMILES string of the molecule is O=C(O)c1cnc2ccsc2n1. The van der Waals surface area contributed by atoms with Gasteiger partial charge in [0.2, 0.25) is 0 Å². The van der Waals surface area contributed by atoms with Crippen molar-refractivity contribution in [1.82, 2.24) is 9.97 Å². The summed E-state index contributed by atoms with van der Waals surface area (Å²) in [6.07, 6.45) is 1.26. The monoisotopic (exact) mass is 180 g/mol. The number of aromatic carboxylic acids is 1. The second kappa shape index (κ2) is 2.53. The van der Waals surface area contributed by atoms with Gasteiger partial charge in [0.15, 0.2) is 5.69 Å². The lowest BCUT2D eigenvalue weighted by Crippen LogP contribution is -1.99. The number of rotatable bonds is 1. The number of carboxylic acids is 1. The minimum Gasteiger partial charge on any atom is -0.476 e. The summed E-state index contributed by atoms with van der Waals surface area (Å²) in [5, 5.41) is 10.4. The summed E-state index contributed by atoms with van der Waals surface area (Å²) < 4.78 is 0. The van der Waals surface area contributed by atoms with Gasteiger partial charge in [-0.25, -0.2) is 9.78 Å². The fourth-order valence-corrected chi connectivity index (χ4v) is 1.57. The van der Waals surface area contributed by atoms with Crippen LogP contribution in [0.15, 0.2) is 17.6 Å².